The van der Waals surface area contributed by atoms with Gasteiger partial charge in [-0.1, -0.05) is 12.1 Å². The number of para-hydroxylation sites is 1. The first-order valence-electron chi connectivity index (χ1n) is 5.73. The molecule has 1 heterocycles. The zero-order valence-corrected chi connectivity index (χ0v) is 11.2. The molecule has 0 aliphatic rings. The number of fused-ring (bicyclic) bond motifs is 1. The molecule has 1 aromatic heterocycles. The van der Waals surface area contributed by atoms with E-state index in [2.05, 4.69) is 0 Å². The summed E-state index contributed by atoms with van der Waals surface area (Å²) >= 11 is 0. The molecule has 0 bridgehead atoms. The van der Waals surface area contributed by atoms with Crippen LogP contribution in [0.15, 0.2) is 28.7 Å². The maximum atomic E-state index is 11.0. The third-order valence-corrected chi connectivity index (χ3v) is 3.59. The van der Waals surface area contributed by atoms with E-state index in [0.717, 1.165) is 5.39 Å². The summed E-state index contributed by atoms with van der Waals surface area (Å²) in [5.74, 6) is 0.553. The molecule has 0 N–H and O–H groups in total. The zero-order chi connectivity index (χ0) is 13.9. The molecule has 2 aromatic rings. The van der Waals surface area contributed by atoms with E-state index in [0.29, 0.717) is 17.8 Å². The van der Waals surface area contributed by atoms with Gasteiger partial charge in [0, 0.05) is 6.26 Å². The van der Waals surface area contributed by atoms with E-state index in [9.17, 15) is 8.42 Å². The van der Waals surface area contributed by atoms with Gasteiger partial charge in [0.05, 0.1) is 17.7 Å². The van der Waals surface area contributed by atoms with Gasteiger partial charge in [0.25, 0.3) is 0 Å². The molecule has 2 rings (SSSR count). The highest BCUT2D eigenvalue weighted by molar-refractivity contribution is 7.90. The van der Waals surface area contributed by atoms with Crippen molar-refractivity contribution >= 4 is 20.8 Å². The van der Waals surface area contributed by atoms with Gasteiger partial charge in [0.2, 0.25) is 5.76 Å². The molecule has 0 fully saturated rings. The van der Waals surface area contributed by atoms with Gasteiger partial charge in [-0.05, 0) is 18.6 Å². The molecule has 5 nitrogen and oxygen atoms in total. The Morgan fingerprint density at radius 3 is 2.79 bits per heavy atom. The number of hydrogen-bond donors (Lipinski definition) is 0. The molecule has 6 heteroatoms. The lowest BCUT2D eigenvalue weighted by Gasteiger charge is -2.03. The summed E-state index contributed by atoms with van der Waals surface area (Å²) in [6.45, 7) is 0.227. The van der Waals surface area contributed by atoms with Gasteiger partial charge in [-0.2, -0.15) is 5.26 Å². The summed E-state index contributed by atoms with van der Waals surface area (Å²) in [5.41, 5.74) is 0.581. The van der Waals surface area contributed by atoms with Crippen molar-refractivity contribution in [3.05, 3.63) is 30.0 Å². The molecule has 0 saturated carbocycles. The van der Waals surface area contributed by atoms with Crippen molar-refractivity contribution in [3.8, 4) is 11.8 Å². The van der Waals surface area contributed by atoms with E-state index in [1.165, 1.54) is 6.26 Å². The van der Waals surface area contributed by atoms with Crippen LogP contribution < -0.4 is 4.74 Å². The fourth-order valence-corrected chi connectivity index (χ4v) is 2.38. The molecule has 0 radical (unpaired) electrons. The number of rotatable bonds is 5. The van der Waals surface area contributed by atoms with E-state index < -0.39 is 9.84 Å². The lowest BCUT2D eigenvalue weighted by atomic mass is 10.2. The van der Waals surface area contributed by atoms with Crippen molar-refractivity contribution < 1.29 is 17.6 Å². The predicted molar refractivity (Wildman–Crippen MR) is 70.8 cm³/mol. The monoisotopic (exact) mass is 279 g/mol. The number of nitriles is 1. The van der Waals surface area contributed by atoms with Crippen LogP contribution in [0.2, 0.25) is 0 Å². The van der Waals surface area contributed by atoms with Crippen LogP contribution in [0.25, 0.3) is 11.0 Å². The number of benzene rings is 1. The standard InChI is InChI=1S/C13H13NO4S/c1-19(15,16)8-4-7-17-13-10-5-2-3-6-11(10)18-12(13)9-14/h2-3,5-6H,4,7-8H2,1H3. The third kappa shape index (κ3) is 3.26. The lowest BCUT2D eigenvalue weighted by Crippen LogP contribution is -2.08. The predicted octanol–water partition coefficient (Wildman–Crippen LogP) is 2.12. The fraction of sp³-hybridized carbons (Fsp3) is 0.308. The second kappa shape index (κ2) is 5.33. The number of sulfone groups is 1. The average Bonchev–Trinajstić information content (AvgIpc) is 2.71. The van der Waals surface area contributed by atoms with Crippen molar-refractivity contribution in [1.29, 1.82) is 5.26 Å². The van der Waals surface area contributed by atoms with Crippen LogP contribution >= 0.6 is 0 Å². The van der Waals surface area contributed by atoms with Gasteiger partial charge in [-0.3, -0.25) is 0 Å². The number of hydrogen-bond acceptors (Lipinski definition) is 5. The first-order valence-corrected chi connectivity index (χ1v) is 7.79. The summed E-state index contributed by atoms with van der Waals surface area (Å²) in [6.07, 6.45) is 1.56. The van der Waals surface area contributed by atoms with Crippen LogP contribution in [0.5, 0.6) is 5.75 Å². The smallest absolute Gasteiger partial charge is 0.246 e. The number of ether oxygens (including phenoxy) is 1. The maximum absolute atomic E-state index is 11.0. The molecule has 0 spiro atoms. The average molecular weight is 279 g/mol. The topological polar surface area (TPSA) is 80.3 Å². The molecule has 100 valence electrons. The van der Waals surface area contributed by atoms with Gasteiger partial charge in [0.1, 0.15) is 21.5 Å². The van der Waals surface area contributed by atoms with Crippen LogP contribution in [0.3, 0.4) is 0 Å². The van der Waals surface area contributed by atoms with Crippen molar-refractivity contribution in [2.75, 3.05) is 18.6 Å². The highest BCUT2D eigenvalue weighted by Crippen LogP contribution is 2.32. The highest BCUT2D eigenvalue weighted by Gasteiger charge is 2.15. The SMILES string of the molecule is CS(=O)(=O)CCCOc1c(C#N)oc2ccccc12. The first-order chi connectivity index (χ1) is 9.01. The maximum Gasteiger partial charge on any atom is 0.246 e. The van der Waals surface area contributed by atoms with Gasteiger partial charge in [0.15, 0.2) is 5.75 Å². The van der Waals surface area contributed by atoms with Gasteiger partial charge in [-0.25, -0.2) is 8.42 Å². The van der Waals surface area contributed by atoms with Gasteiger partial charge >= 0.3 is 0 Å². The van der Waals surface area contributed by atoms with Crippen LogP contribution in [0.4, 0.5) is 0 Å². The van der Waals surface area contributed by atoms with Crippen molar-refractivity contribution in [2.24, 2.45) is 0 Å². The van der Waals surface area contributed by atoms with Crippen LogP contribution in [-0.4, -0.2) is 27.0 Å². The normalized spacial score (nSPS) is 11.4. The molecular formula is C13H13NO4S. The zero-order valence-electron chi connectivity index (χ0n) is 10.4. The number of nitrogens with zero attached hydrogens (tertiary/aromatic N) is 1. The second-order valence-electron chi connectivity index (χ2n) is 4.20. The molecule has 0 saturated heterocycles. The highest BCUT2D eigenvalue weighted by atomic mass is 32.2. The summed E-state index contributed by atoms with van der Waals surface area (Å²) in [4.78, 5) is 0. The Morgan fingerprint density at radius 2 is 2.11 bits per heavy atom. The van der Waals surface area contributed by atoms with Crippen LogP contribution in [0, 0.1) is 11.3 Å². The minimum atomic E-state index is -2.99. The Bertz CT molecular complexity index is 725. The Morgan fingerprint density at radius 1 is 1.37 bits per heavy atom. The van der Waals surface area contributed by atoms with E-state index in [4.69, 9.17) is 14.4 Å². The molecule has 19 heavy (non-hydrogen) atoms. The Labute approximate surface area is 111 Å². The summed E-state index contributed by atoms with van der Waals surface area (Å²) in [6, 6.07) is 9.11. The van der Waals surface area contributed by atoms with Crippen LogP contribution in [0.1, 0.15) is 12.2 Å². The van der Waals surface area contributed by atoms with Gasteiger partial charge in [-0.15, -0.1) is 0 Å². The molecule has 0 aliphatic heterocycles. The minimum absolute atomic E-state index is 0.0602. The number of furan rings is 1. The van der Waals surface area contributed by atoms with E-state index in [1.807, 2.05) is 12.1 Å². The molecule has 0 atom stereocenters. The van der Waals surface area contributed by atoms with E-state index in [-0.39, 0.29) is 18.1 Å². The summed E-state index contributed by atoms with van der Waals surface area (Å²) in [5, 5.41) is 9.71. The van der Waals surface area contributed by atoms with E-state index in [1.54, 1.807) is 18.2 Å². The summed E-state index contributed by atoms with van der Waals surface area (Å²) < 4.78 is 32.8. The quantitative estimate of drug-likeness (QED) is 0.783. The largest absolute Gasteiger partial charge is 0.488 e. The minimum Gasteiger partial charge on any atom is -0.488 e. The van der Waals surface area contributed by atoms with Crippen molar-refractivity contribution in [3.63, 3.8) is 0 Å². The fourth-order valence-electron chi connectivity index (χ4n) is 1.73. The van der Waals surface area contributed by atoms with E-state index >= 15 is 0 Å². The second-order valence-corrected chi connectivity index (χ2v) is 6.46. The lowest BCUT2D eigenvalue weighted by molar-refractivity contribution is 0.315. The van der Waals surface area contributed by atoms with Crippen molar-refractivity contribution in [1.82, 2.24) is 0 Å². The molecule has 1 aromatic carbocycles. The molecular weight excluding hydrogens is 266 g/mol. The Balaban J connectivity index is 2.14. The molecule has 0 unspecified atom stereocenters. The molecule has 0 amide bonds. The first kappa shape index (κ1) is 13.4. The van der Waals surface area contributed by atoms with Crippen LogP contribution in [-0.2, 0) is 9.84 Å². The Kier molecular flexibility index (Phi) is 3.76. The summed E-state index contributed by atoms with van der Waals surface area (Å²) in [7, 11) is -2.99. The molecule has 0 aliphatic carbocycles. The van der Waals surface area contributed by atoms with Crippen molar-refractivity contribution in [2.45, 2.75) is 6.42 Å². The third-order valence-electron chi connectivity index (χ3n) is 2.56. The Hall–Kier alpha value is -2.00. The van der Waals surface area contributed by atoms with Gasteiger partial charge < -0.3 is 9.15 Å².